The van der Waals surface area contributed by atoms with Crippen molar-refractivity contribution >= 4 is 23.2 Å². The summed E-state index contributed by atoms with van der Waals surface area (Å²) >= 11 is 4.83. The standard InChI is InChI=1S/C8H17N3OS/c1-4-10-8(12)11-6(5(2)3)7(9)13/h5-6H,4H2,1-3H3,(H2,9,13)(H2,10,11,12). The van der Waals surface area contributed by atoms with E-state index in [0.717, 1.165) is 0 Å². The van der Waals surface area contributed by atoms with Gasteiger partial charge in [-0.2, -0.15) is 0 Å². The molecule has 0 fully saturated rings. The molecule has 0 aliphatic rings. The van der Waals surface area contributed by atoms with Crippen LogP contribution in [0.25, 0.3) is 0 Å². The van der Waals surface area contributed by atoms with Gasteiger partial charge in [-0.25, -0.2) is 4.79 Å². The molecule has 0 bridgehead atoms. The van der Waals surface area contributed by atoms with Crippen LogP contribution in [0.4, 0.5) is 4.79 Å². The zero-order valence-corrected chi connectivity index (χ0v) is 9.07. The van der Waals surface area contributed by atoms with Crippen molar-refractivity contribution in [3.8, 4) is 0 Å². The third kappa shape index (κ3) is 4.67. The van der Waals surface area contributed by atoms with Crippen molar-refractivity contribution in [2.24, 2.45) is 11.7 Å². The highest BCUT2D eigenvalue weighted by Crippen LogP contribution is 2.01. The van der Waals surface area contributed by atoms with Gasteiger partial charge in [0.05, 0.1) is 11.0 Å². The van der Waals surface area contributed by atoms with E-state index in [1.165, 1.54) is 0 Å². The van der Waals surface area contributed by atoms with E-state index in [9.17, 15) is 4.79 Å². The van der Waals surface area contributed by atoms with Crippen LogP contribution in [-0.2, 0) is 0 Å². The summed E-state index contributed by atoms with van der Waals surface area (Å²) in [5.41, 5.74) is 5.47. The third-order valence-electron chi connectivity index (χ3n) is 1.60. The molecule has 76 valence electrons. The van der Waals surface area contributed by atoms with Gasteiger partial charge in [0.25, 0.3) is 0 Å². The van der Waals surface area contributed by atoms with Gasteiger partial charge in [0.1, 0.15) is 0 Å². The predicted molar refractivity (Wildman–Crippen MR) is 57.6 cm³/mol. The molecule has 4 nitrogen and oxygen atoms in total. The summed E-state index contributed by atoms with van der Waals surface area (Å²) in [4.78, 5) is 11.4. The first-order chi connectivity index (χ1) is 5.99. The first-order valence-electron chi connectivity index (χ1n) is 4.32. The Morgan fingerprint density at radius 2 is 2.08 bits per heavy atom. The number of nitrogens with two attached hydrogens (primary N) is 1. The number of hydrogen-bond acceptors (Lipinski definition) is 2. The van der Waals surface area contributed by atoms with Gasteiger partial charge in [0, 0.05) is 6.54 Å². The van der Waals surface area contributed by atoms with E-state index in [0.29, 0.717) is 11.5 Å². The molecule has 0 radical (unpaired) electrons. The summed E-state index contributed by atoms with van der Waals surface area (Å²) < 4.78 is 0. The summed E-state index contributed by atoms with van der Waals surface area (Å²) in [6.45, 7) is 6.35. The molecule has 13 heavy (non-hydrogen) atoms. The van der Waals surface area contributed by atoms with E-state index in [1.54, 1.807) is 0 Å². The van der Waals surface area contributed by atoms with Crippen LogP contribution in [0.1, 0.15) is 20.8 Å². The molecule has 0 heterocycles. The number of carbonyl (C=O) groups excluding carboxylic acids is 1. The number of amides is 2. The molecule has 1 atom stereocenters. The average molecular weight is 203 g/mol. The monoisotopic (exact) mass is 203 g/mol. The minimum Gasteiger partial charge on any atom is -0.392 e. The topological polar surface area (TPSA) is 67.2 Å². The normalized spacial score (nSPS) is 12.3. The van der Waals surface area contributed by atoms with Crippen molar-refractivity contribution in [2.45, 2.75) is 26.8 Å². The molecular formula is C8H17N3OS. The first kappa shape index (κ1) is 12.2. The lowest BCUT2D eigenvalue weighted by molar-refractivity contribution is 0.238. The number of hydrogen-bond donors (Lipinski definition) is 3. The van der Waals surface area contributed by atoms with Gasteiger partial charge in [-0.15, -0.1) is 0 Å². The zero-order valence-electron chi connectivity index (χ0n) is 8.26. The van der Waals surface area contributed by atoms with Crippen LogP contribution < -0.4 is 16.4 Å². The molecule has 0 saturated heterocycles. The van der Waals surface area contributed by atoms with Crippen molar-refractivity contribution in [1.82, 2.24) is 10.6 Å². The molecule has 5 heteroatoms. The molecule has 4 N–H and O–H groups in total. The van der Waals surface area contributed by atoms with Gasteiger partial charge in [-0.05, 0) is 12.8 Å². The van der Waals surface area contributed by atoms with Gasteiger partial charge in [0.15, 0.2) is 0 Å². The largest absolute Gasteiger partial charge is 0.392 e. The van der Waals surface area contributed by atoms with E-state index in [1.807, 2.05) is 20.8 Å². The summed E-state index contributed by atoms with van der Waals surface area (Å²) in [6.07, 6.45) is 0. The second-order valence-electron chi connectivity index (χ2n) is 3.13. The lowest BCUT2D eigenvalue weighted by Gasteiger charge is -2.20. The molecule has 0 saturated carbocycles. The molecule has 0 spiro atoms. The Morgan fingerprint density at radius 1 is 1.54 bits per heavy atom. The van der Waals surface area contributed by atoms with E-state index in [4.69, 9.17) is 18.0 Å². The highest BCUT2D eigenvalue weighted by atomic mass is 32.1. The van der Waals surface area contributed by atoms with Crippen molar-refractivity contribution in [3.05, 3.63) is 0 Å². The highest BCUT2D eigenvalue weighted by Gasteiger charge is 2.17. The molecule has 1 unspecified atom stereocenters. The Morgan fingerprint density at radius 3 is 2.38 bits per heavy atom. The highest BCUT2D eigenvalue weighted by molar-refractivity contribution is 7.80. The van der Waals surface area contributed by atoms with Crippen molar-refractivity contribution in [2.75, 3.05) is 6.54 Å². The number of nitrogens with one attached hydrogen (secondary N) is 2. The first-order valence-corrected chi connectivity index (χ1v) is 4.73. The quantitative estimate of drug-likeness (QED) is 0.587. The van der Waals surface area contributed by atoms with Gasteiger partial charge < -0.3 is 16.4 Å². The second-order valence-corrected chi connectivity index (χ2v) is 3.60. The molecule has 0 aromatic carbocycles. The number of rotatable bonds is 4. The summed E-state index contributed by atoms with van der Waals surface area (Å²) in [6, 6.07) is -0.462. The fraction of sp³-hybridized carbons (Fsp3) is 0.750. The maximum atomic E-state index is 11.1. The minimum absolute atomic E-state index is 0.208. The predicted octanol–water partition coefficient (Wildman–Crippen LogP) is 0.616. The van der Waals surface area contributed by atoms with Crippen LogP contribution >= 0.6 is 12.2 Å². The van der Waals surface area contributed by atoms with Crippen molar-refractivity contribution in [3.63, 3.8) is 0 Å². The Kier molecular flexibility index (Phi) is 5.37. The van der Waals surface area contributed by atoms with E-state index in [2.05, 4.69) is 10.6 Å². The van der Waals surface area contributed by atoms with Crippen LogP contribution in [0.3, 0.4) is 0 Å². The Balaban J connectivity index is 4.10. The smallest absolute Gasteiger partial charge is 0.315 e. The SMILES string of the molecule is CCNC(=O)NC(C(N)=S)C(C)C. The van der Waals surface area contributed by atoms with Crippen LogP contribution in [0.5, 0.6) is 0 Å². The average Bonchev–Trinajstić information content (AvgIpc) is 1.99. The van der Waals surface area contributed by atoms with Gasteiger partial charge in [-0.3, -0.25) is 0 Å². The lowest BCUT2D eigenvalue weighted by Crippen LogP contribution is -2.50. The minimum atomic E-state index is -0.235. The van der Waals surface area contributed by atoms with Gasteiger partial charge in [-0.1, -0.05) is 26.1 Å². The Bertz CT molecular complexity index is 194. The summed E-state index contributed by atoms with van der Waals surface area (Å²) in [5, 5.41) is 5.32. The van der Waals surface area contributed by atoms with E-state index in [-0.39, 0.29) is 18.0 Å². The molecular weight excluding hydrogens is 186 g/mol. The molecule has 2 amide bonds. The Labute approximate surface area is 84.3 Å². The van der Waals surface area contributed by atoms with E-state index >= 15 is 0 Å². The number of urea groups is 1. The zero-order chi connectivity index (χ0) is 10.4. The molecule has 0 aliphatic heterocycles. The molecule has 0 rings (SSSR count). The number of carbonyl (C=O) groups is 1. The lowest BCUT2D eigenvalue weighted by atomic mass is 10.1. The second kappa shape index (κ2) is 5.75. The van der Waals surface area contributed by atoms with Crippen LogP contribution in [0.15, 0.2) is 0 Å². The van der Waals surface area contributed by atoms with Crippen molar-refractivity contribution < 1.29 is 4.79 Å². The van der Waals surface area contributed by atoms with Crippen LogP contribution in [0, 0.1) is 5.92 Å². The fourth-order valence-electron chi connectivity index (χ4n) is 0.919. The van der Waals surface area contributed by atoms with Crippen LogP contribution in [-0.4, -0.2) is 23.6 Å². The van der Waals surface area contributed by atoms with Crippen molar-refractivity contribution in [1.29, 1.82) is 0 Å². The Hall–Kier alpha value is -0.840. The maximum Gasteiger partial charge on any atom is 0.315 e. The summed E-state index contributed by atoms with van der Waals surface area (Å²) in [5.74, 6) is 0.208. The summed E-state index contributed by atoms with van der Waals surface area (Å²) in [7, 11) is 0. The van der Waals surface area contributed by atoms with Gasteiger partial charge >= 0.3 is 6.03 Å². The number of thiocarbonyl (C=S) groups is 1. The molecule has 0 aromatic rings. The van der Waals surface area contributed by atoms with Gasteiger partial charge in [0.2, 0.25) is 0 Å². The molecule has 0 aliphatic carbocycles. The third-order valence-corrected chi connectivity index (χ3v) is 1.85. The fourth-order valence-corrected chi connectivity index (χ4v) is 1.25. The molecule has 0 aromatic heterocycles. The maximum absolute atomic E-state index is 11.1. The van der Waals surface area contributed by atoms with Crippen LogP contribution in [0.2, 0.25) is 0 Å². The van der Waals surface area contributed by atoms with E-state index < -0.39 is 0 Å².